The first-order valence-electron chi connectivity index (χ1n) is 6.41. The summed E-state index contributed by atoms with van der Waals surface area (Å²) >= 11 is 0. The number of ether oxygens (including phenoxy) is 1. The van der Waals surface area contributed by atoms with Crippen molar-refractivity contribution < 1.29 is 9.53 Å². The van der Waals surface area contributed by atoms with E-state index in [1.54, 1.807) is 0 Å². The maximum Gasteiger partial charge on any atom is 0.288 e. The largest absolute Gasteiger partial charge is 0.481 e. The first-order chi connectivity index (χ1) is 9.11. The second kappa shape index (κ2) is 5.69. The fourth-order valence-electron chi connectivity index (χ4n) is 1.96. The Kier molecular flexibility index (Phi) is 4.00. The summed E-state index contributed by atoms with van der Waals surface area (Å²) in [6.45, 7) is 5.67. The number of para-hydroxylation sites is 1. The van der Waals surface area contributed by atoms with Crippen molar-refractivity contribution in [2.45, 2.75) is 33.3 Å². The first-order valence-corrected chi connectivity index (χ1v) is 6.41. The van der Waals surface area contributed by atoms with Gasteiger partial charge in [-0.25, -0.2) is 4.68 Å². The number of benzene rings is 1. The molecule has 2 rings (SSSR count). The number of rotatable bonds is 4. The van der Waals surface area contributed by atoms with Gasteiger partial charge >= 0.3 is 0 Å². The molecule has 0 aliphatic carbocycles. The lowest BCUT2D eigenvalue weighted by Crippen LogP contribution is -2.32. The first kappa shape index (κ1) is 13.3. The molecular formula is C15H18N2O2. The van der Waals surface area contributed by atoms with Crippen LogP contribution < -0.4 is 4.74 Å². The molecular weight excluding hydrogens is 240 g/mol. The van der Waals surface area contributed by atoms with E-state index in [9.17, 15) is 4.79 Å². The minimum atomic E-state index is -0.514. The van der Waals surface area contributed by atoms with Gasteiger partial charge in [0, 0.05) is 5.69 Å². The van der Waals surface area contributed by atoms with Gasteiger partial charge in [0.05, 0.1) is 5.69 Å². The summed E-state index contributed by atoms with van der Waals surface area (Å²) in [6, 6.07) is 11.3. The SMILES string of the molecule is CCC(Oc1ccccc1)C(=O)n1nc(C)cc1C. The average Bonchev–Trinajstić information content (AvgIpc) is 2.75. The molecule has 0 spiro atoms. The van der Waals surface area contributed by atoms with E-state index in [0.29, 0.717) is 12.2 Å². The van der Waals surface area contributed by atoms with Crippen LogP contribution in [-0.2, 0) is 0 Å². The molecule has 4 nitrogen and oxygen atoms in total. The Morgan fingerprint density at radius 1 is 1.32 bits per heavy atom. The van der Waals surface area contributed by atoms with Gasteiger partial charge in [-0.1, -0.05) is 25.1 Å². The average molecular weight is 258 g/mol. The highest BCUT2D eigenvalue weighted by atomic mass is 16.5. The van der Waals surface area contributed by atoms with Crippen molar-refractivity contribution in [1.82, 2.24) is 9.78 Å². The van der Waals surface area contributed by atoms with Gasteiger partial charge in [0.15, 0.2) is 6.10 Å². The van der Waals surface area contributed by atoms with Crippen LogP contribution in [0.2, 0.25) is 0 Å². The molecule has 0 bridgehead atoms. The normalized spacial score (nSPS) is 12.2. The van der Waals surface area contributed by atoms with Gasteiger partial charge in [-0.15, -0.1) is 0 Å². The summed E-state index contributed by atoms with van der Waals surface area (Å²) in [6.07, 6.45) is 0.0897. The van der Waals surface area contributed by atoms with Crippen LogP contribution in [-0.4, -0.2) is 21.8 Å². The Bertz CT molecular complexity index is 561. The van der Waals surface area contributed by atoms with Crippen LogP contribution in [0.15, 0.2) is 36.4 Å². The van der Waals surface area contributed by atoms with Crippen molar-refractivity contribution in [3.63, 3.8) is 0 Å². The molecule has 1 atom stereocenters. The Morgan fingerprint density at radius 3 is 2.53 bits per heavy atom. The molecule has 0 fully saturated rings. The Morgan fingerprint density at radius 2 is 2.00 bits per heavy atom. The van der Waals surface area contributed by atoms with Gasteiger partial charge in [-0.05, 0) is 38.5 Å². The van der Waals surface area contributed by atoms with Crippen LogP contribution in [0.5, 0.6) is 5.75 Å². The molecule has 100 valence electrons. The van der Waals surface area contributed by atoms with Crippen molar-refractivity contribution in [3.8, 4) is 5.75 Å². The second-order valence-electron chi connectivity index (χ2n) is 4.50. The Hall–Kier alpha value is -2.10. The molecule has 0 radical (unpaired) electrons. The lowest BCUT2D eigenvalue weighted by atomic mass is 10.2. The molecule has 0 amide bonds. The lowest BCUT2D eigenvalue weighted by Gasteiger charge is -2.16. The molecule has 0 aliphatic rings. The fraction of sp³-hybridized carbons (Fsp3) is 0.333. The number of hydrogen-bond acceptors (Lipinski definition) is 3. The van der Waals surface area contributed by atoms with Crippen molar-refractivity contribution in [2.75, 3.05) is 0 Å². The Balaban J connectivity index is 2.18. The number of carbonyl (C=O) groups excluding carboxylic acids is 1. The Labute approximate surface area is 113 Å². The van der Waals surface area contributed by atoms with Gasteiger partial charge in [-0.3, -0.25) is 4.79 Å². The third kappa shape index (κ3) is 3.02. The molecule has 0 saturated carbocycles. The zero-order chi connectivity index (χ0) is 13.8. The quantitative estimate of drug-likeness (QED) is 0.846. The summed E-state index contributed by atoms with van der Waals surface area (Å²) in [4.78, 5) is 12.4. The highest BCUT2D eigenvalue weighted by molar-refractivity contribution is 5.83. The van der Waals surface area contributed by atoms with Gasteiger partial charge in [0.1, 0.15) is 5.75 Å². The molecule has 1 aromatic carbocycles. The van der Waals surface area contributed by atoms with Gasteiger partial charge < -0.3 is 4.74 Å². The van der Waals surface area contributed by atoms with E-state index in [1.165, 1.54) is 4.68 Å². The van der Waals surface area contributed by atoms with E-state index in [1.807, 2.05) is 57.2 Å². The molecule has 1 aromatic heterocycles. The van der Waals surface area contributed by atoms with Crippen LogP contribution in [0.1, 0.15) is 29.5 Å². The van der Waals surface area contributed by atoms with E-state index >= 15 is 0 Å². The minimum absolute atomic E-state index is 0.128. The highest BCUT2D eigenvalue weighted by Gasteiger charge is 2.22. The van der Waals surface area contributed by atoms with Crippen LogP contribution in [0.25, 0.3) is 0 Å². The summed E-state index contributed by atoms with van der Waals surface area (Å²) in [5.74, 6) is 0.571. The smallest absolute Gasteiger partial charge is 0.288 e. The molecule has 0 saturated heterocycles. The van der Waals surface area contributed by atoms with Crippen LogP contribution in [0, 0.1) is 13.8 Å². The van der Waals surface area contributed by atoms with Gasteiger partial charge in [0.25, 0.3) is 5.91 Å². The minimum Gasteiger partial charge on any atom is -0.481 e. The van der Waals surface area contributed by atoms with Crippen LogP contribution >= 0.6 is 0 Å². The predicted octanol–water partition coefficient (Wildman–Crippen LogP) is 3.00. The molecule has 0 N–H and O–H groups in total. The summed E-state index contributed by atoms with van der Waals surface area (Å²) < 4.78 is 7.16. The third-order valence-electron chi connectivity index (χ3n) is 2.89. The maximum atomic E-state index is 12.4. The number of aryl methyl sites for hydroxylation is 2. The molecule has 1 heterocycles. The molecule has 19 heavy (non-hydrogen) atoms. The monoisotopic (exact) mass is 258 g/mol. The van der Waals surface area contributed by atoms with Crippen molar-refractivity contribution in [1.29, 1.82) is 0 Å². The number of hydrogen-bond donors (Lipinski definition) is 0. The van der Waals surface area contributed by atoms with E-state index in [0.717, 1.165) is 11.4 Å². The number of nitrogens with zero attached hydrogens (tertiary/aromatic N) is 2. The van der Waals surface area contributed by atoms with Crippen molar-refractivity contribution >= 4 is 5.91 Å². The standard InChI is InChI=1S/C15H18N2O2/c1-4-14(19-13-8-6-5-7-9-13)15(18)17-12(3)10-11(2)16-17/h5-10,14H,4H2,1-3H3. The lowest BCUT2D eigenvalue weighted by molar-refractivity contribution is 0.0674. The maximum absolute atomic E-state index is 12.4. The molecule has 2 aromatic rings. The van der Waals surface area contributed by atoms with Crippen LogP contribution in [0.3, 0.4) is 0 Å². The fourth-order valence-corrected chi connectivity index (χ4v) is 1.96. The molecule has 1 unspecified atom stereocenters. The van der Waals surface area contributed by atoms with E-state index in [-0.39, 0.29) is 5.91 Å². The second-order valence-corrected chi connectivity index (χ2v) is 4.50. The van der Waals surface area contributed by atoms with E-state index in [4.69, 9.17) is 4.74 Å². The summed E-state index contributed by atoms with van der Waals surface area (Å²) in [7, 11) is 0. The molecule has 0 aliphatic heterocycles. The van der Waals surface area contributed by atoms with Crippen LogP contribution in [0.4, 0.5) is 0 Å². The summed E-state index contributed by atoms with van der Waals surface area (Å²) in [5.41, 5.74) is 1.66. The third-order valence-corrected chi connectivity index (χ3v) is 2.89. The zero-order valence-electron chi connectivity index (χ0n) is 11.5. The summed E-state index contributed by atoms with van der Waals surface area (Å²) in [5, 5.41) is 4.21. The zero-order valence-corrected chi connectivity index (χ0v) is 11.5. The molecule has 4 heteroatoms. The van der Waals surface area contributed by atoms with Gasteiger partial charge in [0.2, 0.25) is 0 Å². The van der Waals surface area contributed by atoms with E-state index in [2.05, 4.69) is 5.10 Å². The van der Waals surface area contributed by atoms with E-state index < -0.39 is 6.10 Å². The van der Waals surface area contributed by atoms with Gasteiger partial charge in [-0.2, -0.15) is 5.10 Å². The van der Waals surface area contributed by atoms with Crippen molar-refractivity contribution in [3.05, 3.63) is 47.8 Å². The number of aromatic nitrogens is 2. The highest BCUT2D eigenvalue weighted by Crippen LogP contribution is 2.14. The van der Waals surface area contributed by atoms with Crippen molar-refractivity contribution in [2.24, 2.45) is 0 Å². The number of carbonyl (C=O) groups is 1. The topological polar surface area (TPSA) is 44.1 Å². The predicted molar refractivity (Wildman–Crippen MR) is 73.5 cm³/mol.